The number of amides is 1. The van der Waals surface area contributed by atoms with Gasteiger partial charge in [0.1, 0.15) is 5.56 Å². The van der Waals surface area contributed by atoms with Crippen molar-refractivity contribution in [1.29, 1.82) is 0 Å². The highest BCUT2D eigenvalue weighted by atomic mass is 16.2. The van der Waals surface area contributed by atoms with Crippen molar-refractivity contribution in [2.75, 3.05) is 6.54 Å². The molecule has 0 unspecified atom stereocenters. The summed E-state index contributed by atoms with van der Waals surface area (Å²) in [5.74, 6) is -0.338. The van der Waals surface area contributed by atoms with E-state index in [4.69, 9.17) is 0 Å². The summed E-state index contributed by atoms with van der Waals surface area (Å²) >= 11 is 0. The van der Waals surface area contributed by atoms with E-state index in [1.54, 1.807) is 25.3 Å². The van der Waals surface area contributed by atoms with Crippen LogP contribution in [0.25, 0.3) is 0 Å². The van der Waals surface area contributed by atoms with Crippen molar-refractivity contribution in [3.8, 4) is 0 Å². The lowest BCUT2D eigenvalue weighted by atomic mass is 10.1. The molecule has 3 N–H and O–H groups in total. The lowest BCUT2D eigenvalue weighted by Crippen LogP contribution is -2.30. The SMILES string of the molecule is Cc1ccc(C(=O)NCCCc2cn[nH]c2C)c(=O)[nH]1. The van der Waals surface area contributed by atoms with Crippen LogP contribution >= 0.6 is 0 Å². The van der Waals surface area contributed by atoms with Gasteiger partial charge in [0.05, 0.1) is 6.20 Å². The highest BCUT2D eigenvalue weighted by Gasteiger charge is 2.09. The molecule has 2 heterocycles. The number of nitrogens with one attached hydrogen (secondary N) is 3. The number of aryl methyl sites for hydroxylation is 3. The van der Waals surface area contributed by atoms with Gasteiger partial charge in [0, 0.05) is 17.9 Å². The molecule has 6 nitrogen and oxygen atoms in total. The number of rotatable bonds is 5. The van der Waals surface area contributed by atoms with Gasteiger partial charge in [0.2, 0.25) is 0 Å². The van der Waals surface area contributed by atoms with Gasteiger partial charge >= 0.3 is 0 Å². The third kappa shape index (κ3) is 3.34. The summed E-state index contributed by atoms with van der Waals surface area (Å²) in [5, 5.41) is 9.57. The smallest absolute Gasteiger partial charge is 0.260 e. The van der Waals surface area contributed by atoms with E-state index in [9.17, 15) is 9.59 Å². The number of carbonyl (C=O) groups excluding carboxylic acids is 1. The first-order chi connectivity index (χ1) is 9.58. The van der Waals surface area contributed by atoms with Gasteiger partial charge in [-0.15, -0.1) is 0 Å². The Morgan fingerprint density at radius 2 is 2.15 bits per heavy atom. The molecule has 2 rings (SSSR count). The monoisotopic (exact) mass is 274 g/mol. The molecular weight excluding hydrogens is 256 g/mol. The minimum absolute atomic E-state index is 0.148. The Morgan fingerprint density at radius 1 is 1.35 bits per heavy atom. The lowest BCUT2D eigenvalue weighted by Gasteiger charge is -2.05. The molecule has 20 heavy (non-hydrogen) atoms. The number of aromatic amines is 2. The van der Waals surface area contributed by atoms with Crippen LogP contribution in [0.15, 0.2) is 23.1 Å². The second-order valence-electron chi connectivity index (χ2n) is 4.76. The summed E-state index contributed by atoms with van der Waals surface area (Å²) in [6.07, 6.45) is 3.44. The summed E-state index contributed by atoms with van der Waals surface area (Å²) in [7, 11) is 0. The van der Waals surface area contributed by atoms with Gasteiger partial charge in [0.15, 0.2) is 0 Å². The molecule has 2 aromatic heterocycles. The number of carbonyl (C=O) groups is 1. The van der Waals surface area contributed by atoms with Crippen molar-refractivity contribution < 1.29 is 4.79 Å². The molecule has 106 valence electrons. The summed E-state index contributed by atoms with van der Waals surface area (Å²) < 4.78 is 0. The minimum atomic E-state index is -0.354. The standard InChI is InChI=1S/C14H18N4O2/c1-9-5-6-12(14(20)17-9)13(19)15-7-3-4-11-8-16-18-10(11)2/h5-6,8H,3-4,7H2,1-2H3,(H,15,19)(H,16,18)(H,17,20). The topological polar surface area (TPSA) is 90.6 Å². The first-order valence-electron chi connectivity index (χ1n) is 6.55. The first-order valence-corrected chi connectivity index (χ1v) is 6.55. The zero-order chi connectivity index (χ0) is 14.5. The quantitative estimate of drug-likeness (QED) is 0.712. The molecule has 2 aromatic rings. The number of H-pyrrole nitrogens is 2. The van der Waals surface area contributed by atoms with E-state index in [0.717, 1.165) is 29.8 Å². The van der Waals surface area contributed by atoms with E-state index in [2.05, 4.69) is 20.5 Å². The van der Waals surface area contributed by atoms with Crippen LogP contribution in [0.5, 0.6) is 0 Å². The average molecular weight is 274 g/mol. The Labute approximate surface area is 116 Å². The predicted molar refractivity (Wildman–Crippen MR) is 75.8 cm³/mol. The summed E-state index contributed by atoms with van der Waals surface area (Å²) in [5.41, 5.74) is 2.73. The highest BCUT2D eigenvalue weighted by molar-refractivity contribution is 5.93. The van der Waals surface area contributed by atoms with E-state index >= 15 is 0 Å². The Kier molecular flexibility index (Phi) is 4.34. The van der Waals surface area contributed by atoms with E-state index < -0.39 is 0 Å². The molecular formula is C14H18N4O2. The molecule has 0 saturated carbocycles. The average Bonchev–Trinajstić information content (AvgIpc) is 2.80. The Hall–Kier alpha value is -2.37. The van der Waals surface area contributed by atoms with Crippen molar-refractivity contribution in [3.63, 3.8) is 0 Å². The molecule has 6 heteroatoms. The molecule has 0 aliphatic carbocycles. The lowest BCUT2D eigenvalue weighted by molar-refractivity contribution is 0.0951. The molecule has 0 aromatic carbocycles. The summed E-state index contributed by atoms with van der Waals surface area (Å²) in [4.78, 5) is 26.1. The molecule has 0 aliphatic rings. The number of hydrogen-bond donors (Lipinski definition) is 3. The molecule has 1 amide bonds. The van der Waals surface area contributed by atoms with Crippen molar-refractivity contribution in [1.82, 2.24) is 20.5 Å². The van der Waals surface area contributed by atoms with Crippen LogP contribution in [0.2, 0.25) is 0 Å². The van der Waals surface area contributed by atoms with Crippen LogP contribution in [-0.2, 0) is 6.42 Å². The van der Waals surface area contributed by atoms with Gasteiger partial charge in [0.25, 0.3) is 11.5 Å². The van der Waals surface area contributed by atoms with Crippen molar-refractivity contribution in [2.24, 2.45) is 0 Å². The van der Waals surface area contributed by atoms with Crippen LogP contribution in [0.1, 0.15) is 33.7 Å². The highest BCUT2D eigenvalue weighted by Crippen LogP contribution is 2.05. The zero-order valence-electron chi connectivity index (χ0n) is 11.6. The third-order valence-corrected chi connectivity index (χ3v) is 3.14. The van der Waals surface area contributed by atoms with E-state index in [0.29, 0.717) is 6.54 Å². The molecule has 0 atom stereocenters. The van der Waals surface area contributed by atoms with Crippen molar-refractivity contribution >= 4 is 5.91 Å². The first kappa shape index (κ1) is 14.0. The fourth-order valence-corrected chi connectivity index (χ4v) is 1.95. The van der Waals surface area contributed by atoms with Gasteiger partial charge < -0.3 is 10.3 Å². The van der Waals surface area contributed by atoms with Crippen molar-refractivity contribution in [3.05, 3.63) is 51.2 Å². The molecule has 0 aliphatic heterocycles. The van der Waals surface area contributed by atoms with Gasteiger partial charge in [-0.2, -0.15) is 5.10 Å². The predicted octanol–water partition coefficient (Wildman–Crippen LogP) is 1.08. The normalized spacial score (nSPS) is 10.5. The molecule has 0 saturated heterocycles. The Bertz CT molecular complexity index is 657. The number of hydrogen-bond acceptors (Lipinski definition) is 3. The second-order valence-corrected chi connectivity index (χ2v) is 4.76. The minimum Gasteiger partial charge on any atom is -0.352 e. The van der Waals surface area contributed by atoms with Crippen LogP contribution in [0.3, 0.4) is 0 Å². The summed E-state index contributed by atoms with van der Waals surface area (Å²) in [6, 6.07) is 3.26. The third-order valence-electron chi connectivity index (χ3n) is 3.14. The largest absolute Gasteiger partial charge is 0.352 e. The van der Waals surface area contributed by atoms with Crippen LogP contribution in [-0.4, -0.2) is 27.6 Å². The van der Waals surface area contributed by atoms with Gasteiger partial charge in [-0.05, 0) is 44.4 Å². The van der Waals surface area contributed by atoms with Crippen LogP contribution in [0, 0.1) is 13.8 Å². The second kappa shape index (κ2) is 6.18. The maximum atomic E-state index is 11.9. The molecule has 0 radical (unpaired) electrons. The van der Waals surface area contributed by atoms with Crippen LogP contribution in [0.4, 0.5) is 0 Å². The van der Waals surface area contributed by atoms with E-state index in [-0.39, 0.29) is 17.0 Å². The Balaban J connectivity index is 1.83. The fraction of sp³-hybridized carbons (Fsp3) is 0.357. The maximum Gasteiger partial charge on any atom is 0.260 e. The number of nitrogens with zero attached hydrogens (tertiary/aromatic N) is 1. The van der Waals surface area contributed by atoms with Crippen LogP contribution < -0.4 is 10.9 Å². The van der Waals surface area contributed by atoms with E-state index in [1.165, 1.54) is 0 Å². The molecule has 0 bridgehead atoms. The van der Waals surface area contributed by atoms with E-state index in [1.807, 2.05) is 6.92 Å². The zero-order valence-corrected chi connectivity index (χ0v) is 11.6. The van der Waals surface area contributed by atoms with Gasteiger partial charge in [-0.25, -0.2) is 0 Å². The fourth-order valence-electron chi connectivity index (χ4n) is 1.95. The van der Waals surface area contributed by atoms with Gasteiger partial charge in [-0.3, -0.25) is 14.7 Å². The number of pyridine rings is 1. The molecule has 0 fully saturated rings. The Morgan fingerprint density at radius 3 is 2.80 bits per heavy atom. The van der Waals surface area contributed by atoms with Gasteiger partial charge in [-0.1, -0.05) is 0 Å². The maximum absolute atomic E-state index is 11.9. The summed E-state index contributed by atoms with van der Waals surface area (Å²) in [6.45, 7) is 4.26. The van der Waals surface area contributed by atoms with Crippen molar-refractivity contribution in [2.45, 2.75) is 26.7 Å². The molecule has 0 spiro atoms. The number of aromatic nitrogens is 3.